The molecule has 0 spiro atoms. The summed E-state index contributed by atoms with van der Waals surface area (Å²) in [5, 5.41) is 17.5. The molecule has 3 N–H and O–H groups in total. The van der Waals surface area contributed by atoms with Crippen molar-refractivity contribution < 1.29 is 17.9 Å². The van der Waals surface area contributed by atoms with Gasteiger partial charge in [0.2, 0.25) is 10.0 Å². The van der Waals surface area contributed by atoms with Crippen molar-refractivity contribution in [1.82, 2.24) is 39.4 Å². The molecule has 0 saturated carbocycles. The van der Waals surface area contributed by atoms with E-state index in [1.165, 1.54) is 5.69 Å². The first kappa shape index (κ1) is 45.7. The van der Waals surface area contributed by atoms with E-state index < -0.39 is 15.6 Å². The second-order valence-corrected chi connectivity index (χ2v) is 20.6. The van der Waals surface area contributed by atoms with Crippen molar-refractivity contribution in [3.63, 3.8) is 0 Å². The Morgan fingerprint density at radius 1 is 0.723 bits per heavy atom. The number of piperazine rings is 2. The zero-order valence-electron chi connectivity index (χ0n) is 37.8. The van der Waals surface area contributed by atoms with Crippen LogP contribution in [-0.4, -0.2) is 105 Å². The number of nitrogens with one attached hydrogen (secondary N) is 1. The topological polar surface area (TPSA) is 169 Å². The molecule has 17 heteroatoms. The van der Waals surface area contributed by atoms with Crippen LogP contribution >= 0.6 is 15.9 Å². The van der Waals surface area contributed by atoms with Crippen molar-refractivity contribution in [2.24, 2.45) is 5.14 Å². The average Bonchev–Trinajstić information content (AvgIpc) is 3.85. The summed E-state index contributed by atoms with van der Waals surface area (Å²) >= 11 is 3.46. The second-order valence-electron chi connectivity index (χ2n) is 18.1. The van der Waals surface area contributed by atoms with Crippen LogP contribution < -0.4 is 20.3 Å². The molecule has 2 fully saturated rings. The lowest BCUT2D eigenvalue weighted by Crippen LogP contribution is -2.58. The second kappa shape index (κ2) is 18.5. The maximum absolute atomic E-state index is 12.5. The molecule has 2 aliphatic rings. The number of benzene rings is 3. The Hall–Kier alpha value is -5.88. The van der Waals surface area contributed by atoms with Gasteiger partial charge in [0.1, 0.15) is 5.60 Å². The Balaban J connectivity index is 0.000000178. The number of anilines is 2. The Labute approximate surface area is 388 Å². The van der Waals surface area contributed by atoms with Crippen molar-refractivity contribution in [3.05, 3.63) is 120 Å². The largest absolute Gasteiger partial charge is 0.444 e. The van der Waals surface area contributed by atoms with Gasteiger partial charge in [-0.1, -0.05) is 42.5 Å². The number of ether oxygens (including phenoxy) is 1. The molecule has 6 heterocycles. The van der Waals surface area contributed by atoms with E-state index in [-0.39, 0.29) is 23.9 Å². The van der Waals surface area contributed by atoms with Gasteiger partial charge in [-0.05, 0) is 117 Å². The molecular formula is C48H56BrN11O4S. The summed E-state index contributed by atoms with van der Waals surface area (Å²) in [7, 11) is -3.60. The van der Waals surface area contributed by atoms with E-state index in [1.54, 1.807) is 27.5 Å². The molecule has 9 rings (SSSR count). The van der Waals surface area contributed by atoms with Gasteiger partial charge >= 0.3 is 6.09 Å². The predicted octanol–water partition coefficient (Wildman–Crippen LogP) is 8.03. The van der Waals surface area contributed by atoms with Crippen LogP contribution in [0.4, 0.5) is 16.2 Å². The van der Waals surface area contributed by atoms with Crippen molar-refractivity contribution in [3.8, 4) is 33.4 Å². The monoisotopic (exact) mass is 961 g/mol. The number of aromatic nitrogens is 6. The summed E-state index contributed by atoms with van der Waals surface area (Å²) in [5.41, 5.74) is 9.82. The Morgan fingerprint density at radius 3 is 1.80 bits per heavy atom. The minimum atomic E-state index is -3.60. The number of nitrogens with two attached hydrogens (primary N) is 1. The molecule has 7 aromatic rings. The fourth-order valence-corrected chi connectivity index (χ4v) is 9.90. The summed E-state index contributed by atoms with van der Waals surface area (Å²) in [6.07, 6.45) is 10.9. The lowest BCUT2D eigenvalue weighted by Gasteiger charge is -2.45. The van der Waals surface area contributed by atoms with Gasteiger partial charge in [-0.25, -0.2) is 37.4 Å². The molecule has 2 saturated heterocycles. The molecule has 2 aliphatic heterocycles. The summed E-state index contributed by atoms with van der Waals surface area (Å²) in [4.78, 5) is 28.3. The maximum Gasteiger partial charge on any atom is 0.410 e. The van der Waals surface area contributed by atoms with Crippen LogP contribution in [0.25, 0.3) is 44.7 Å². The predicted molar refractivity (Wildman–Crippen MR) is 260 cm³/mol. The van der Waals surface area contributed by atoms with E-state index in [0.717, 1.165) is 62.3 Å². The average molecular weight is 963 g/mol. The Kier molecular flexibility index (Phi) is 13.0. The zero-order chi connectivity index (χ0) is 46.2. The van der Waals surface area contributed by atoms with Crippen LogP contribution in [0.1, 0.15) is 54.0 Å². The van der Waals surface area contributed by atoms with Crippen LogP contribution in [0.15, 0.2) is 114 Å². The molecule has 0 aliphatic carbocycles. The van der Waals surface area contributed by atoms with Gasteiger partial charge in [0.05, 0.1) is 22.6 Å². The summed E-state index contributed by atoms with van der Waals surface area (Å²) in [6, 6.07) is 25.6. The molecule has 1 amide bonds. The van der Waals surface area contributed by atoms with Gasteiger partial charge in [0, 0.05) is 103 Å². The zero-order valence-corrected chi connectivity index (χ0v) is 40.2. The summed E-state index contributed by atoms with van der Waals surface area (Å²) in [5.74, 6) is -0.209. The highest BCUT2D eigenvalue weighted by molar-refractivity contribution is 9.10. The first-order valence-electron chi connectivity index (χ1n) is 21.8. The Bertz CT molecular complexity index is 2890. The number of halogens is 1. The standard InChI is InChI=1S/C25H28N6O2S.C23H28BrN5O2/c1-17-11-27-12-18(2)31(17)23-8-6-20(7-9-23)22-13-28-25-24(14-29-30(25)15-22)21-5-3-4-19(10-21)16-34(26,32)33;1-15-12-27(22(30)31-23(3,4)5)13-16(2)29(15)19-8-6-17(7-9-19)18-10-25-21-20(24)11-26-28(21)14-18/h3-10,13-15,17-18,27H,11-12,16H2,1-2H3,(H2,26,32,33);6-11,14-16H,12-13H2,1-5H3/t17-,18+;15-,16+. The van der Waals surface area contributed by atoms with Crippen molar-refractivity contribution in [2.75, 3.05) is 36.0 Å². The van der Waals surface area contributed by atoms with Crippen LogP contribution in [0.3, 0.4) is 0 Å². The van der Waals surface area contributed by atoms with Crippen molar-refractivity contribution in [1.29, 1.82) is 0 Å². The number of hydrogen-bond donors (Lipinski definition) is 2. The van der Waals surface area contributed by atoms with Gasteiger partial charge in [0.15, 0.2) is 11.3 Å². The number of nitrogens with zero attached hydrogens (tertiary/aromatic N) is 9. The minimum Gasteiger partial charge on any atom is -0.444 e. The number of carbonyl (C=O) groups excluding carboxylic acids is 1. The van der Waals surface area contributed by atoms with Gasteiger partial charge in [-0.2, -0.15) is 10.2 Å². The molecule has 3 aromatic carbocycles. The van der Waals surface area contributed by atoms with E-state index in [2.05, 4.69) is 127 Å². The van der Waals surface area contributed by atoms with Gasteiger partial charge in [0.25, 0.3) is 0 Å². The lowest BCUT2D eigenvalue weighted by atomic mass is 10.0. The highest BCUT2D eigenvalue weighted by Gasteiger charge is 2.34. The van der Waals surface area contributed by atoms with Gasteiger partial charge < -0.3 is 24.8 Å². The molecule has 4 aromatic heterocycles. The summed E-state index contributed by atoms with van der Waals surface area (Å²) in [6.45, 7) is 17.7. The highest BCUT2D eigenvalue weighted by Crippen LogP contribution is 2.31. The third-order valence-electron chi connectivity index (χ3n) is 11.7. The van der Waals surface area contributed by atoms with Crippen LogP contribution in [0.5, 0.6) is 0 Å². The summed E-state index contributed by atoms with van der Waals surface area (Å²) < 4.78 is 32.9. The molecule has 4 atom stereocenters. The minimum absolute atomic E-state index is 0.182. The van der Waals surface area contributed by atoms with Crippen molar-refractivity contribution in [2.45, 2.75) is 84.0 Å². The molecule has 65 heavy (non-hydrogen) atoms. The molecular weight excluding hydrogens is 907 g/mol. The fourth-order valence-electron chi connectivity index (χ4n) is 8.88. The first-order valence-corrected chi connectivity index (χ1v) is 24.3. The van der Waals surface area contributed by atoms with Crippen LogP contribution in [-0.2, 0) is 20.5 Å². The van der Waals surface area contributed by atoms with E-state index >= 15 is 0 Å². The van der Waals surface area contributed by atoms with E-state index in [4.69, 9.17) is 9.88 Å². The number of amides is 1. The van der Waals surface area contributed by atoms with Gasteiger partial charge in [-0.3, -0.25) is 0 Å². The number of fused-ring (bicyclic) bond motifs is 2. The quantitative estimate of drug-likeness (QED) is 0.159. The Morgan fingerprint density at radius 2 is 1.25 bits per heavy atom. The molecule has 0 radical (unpaired) electrons. The fraction of sp³-hybridized carbons (Fsp3) is 0.354. The number of rotatable bonds is 7. The third-order valence-corrected chi connectivity index (χ3v) is 13.0. The highest BCUT2D eigenvalue weighted by atomic mass is 79.9. The molecule has 0 unspecified atom stereocenters. The third kappa shape index (κ3) is 10.5. The molecule has 340 valence electrons. The molecule has 0 bridgehead atoms. The smallest absolute Gasteiger partial charge is 0.410 e. The number of sulfonamides is 1. The van der Waals surface area contributed by atoms with Crippen LogP contribution in [0, 0.1) is 0 Å². The first-order chi connectivity index (χ1) is 30.9. The SMILES string of the molecule is C[C@@H]1CN(C(=O)OC(C)(C)C)C[C@H](C)N1c1ccc(-c2cnc3c(Br)cnn3c2)cc1.C[C@@H]1CNC[C@H](C)N1c1ccc(-c2cnc3c(-c4cccc(CS(N)(=O)=O)c4)cnn3c2)cc1. The van der Waals surface area contributed by atoms with Crippen LogP contribution in [0.2, 0.25) is 0 Å². The van der Waals surface area contributed by atoms with Crippen molar-refractivity contribution >= 4 is 54.7 Å². The van der Waals surface area contributed by atoms with E-state index in [9.17, 15) is 13.2 Å². The lowest BCUT2D eigenvalue weighted by molar-refractivity contribution is 0.0193. The maximum atomic E-state index is 12.5. The number of primary sulfonamides is 1. The normalized spacial score (nSPS) is 19.3. The molecule has 15 nitrogen and oxygen atoms in total. The number of carbonyl (C=O) groups is 1. The van der Waals surface area contributed by atoms with Gasteiger partial charge in [-0.15, -0.1) is 0 Å². The van der Waals surface area contributed by atoms with E-state index in [1.807, 2.05) is 68.7 Å². The van der Waals surface area contributed by atoms with E-state index in [0.29, 0.717) is 36.4 Å². The number of hydrogen-bond acceptors (Lipinski definition) is 11.